The number of amides is 3. The fourth-order valence-electron chi connectivity index (χ4n) is 6.40. The lowest BCUT2D eigenvalue weighted by Gasteiger charge is -2.54. The van der Waals surface area contributed by atoms with Crippen molar-refractivity contribution >= 4 is 17.9 Å². The molecule has 0 radical (unpaired) electrons. The molecule has 262 valence electrons. The molecule has 0 aromatic heterocycles. The number of carbonyl (C=O) groups is 3. The number of rotatable bonds is 9. The average molecular weight is 691 g/mol. The van der Waals surface area contributed by atoms with Crippen LogP contribution in [0.3, 0.4) is 0 Å². The van der Waals surface area contributed by atoms with Crippen LogP contribution in [0.5, 0.6) is 0 Å². The molecule has 2 N–H and O–H groups in total. The molecule has 5 rings (SSSR count). The monoisotopic (exact) mass is 690 g/mol. The van der Waals surface area contributed by atoms with Gasteiger partial charge in [0.05, 0.1) is 17.7 Å². The topological polar surface area (TPSA) is 96.2 Å². The second-order valence-corrected chi connectivity index (χ2v) is 12.4. The van der Waals surface area contributed by atoms with Crippen molar-refractivity contribution in [1.29, 1.82) is 0 Å². The van der Waals surface area contributed by atoms with Gasteiger partial charge in [-0.15, -0.1) is 0 Å². The fraction of sp³-hybridized carbons (Fsp3) is 0.400. The van der Waals surface area contributed by atoms with Crippen LogP contribution in [0.2, 0.25) is 0 Å². The van der Waals surface area contributed by atoms with E-state index in [1.807, 2.05) is 31.2 Å². The lowest BCUT2D eigenvalue weighted by molar-refractivity contribution is -0.172. The summed E-state index contributed by atoms with van der Waals surface area (Å²) in [7, 11) is 0. The number of carbonyl (C=O) groups excluding carboxylic acids is 3. The molecule has 3 aromatic carbocycles. The molecule has 0 saturated carbocycles. The Balaban J connectivity index is 1.50. The molecule has 49 heavy (non-hydrogen) atoms. The number of hydrogen-bond acceptors (Lipinski definition) is 5. The zero-order valence-electron chi connectivity index (χ0n) is 26.6. The molecule has 8 nitrogen and oxygen atoms in total. The lowest BCUT2D eigenvalue weighted by atomic mass is 9.93. The summed E-state index contributed by atoms with van der Waals surface area (Å²) < 4.78 is 86.5. The van der Waals surface area contributed by atoms with Gasteiger partial charge in [0.2, 0.25) is 11.8 Å². The molecule has 2 heterocycles. The number of benzene rings is 3. The van der Waals surface area contributed by atoms with E-state index in [0.717, 1.165) is 16.7 Å². The zero-order chi connectivity index (χ0) is 35.5. The maximum Gasteiger partial charge on any atom is 0.416 e. The largest absolute Gasteiger partial charge is 0.444 e. The maximum absolute atomic E-state index is 14.0. The third-order valence-electron chi connectivity index (χ3n) is 8.76. The van der Waals surface area contributed by atoms with Crippen molar-refractivity contribution in [2.45, 2.75) is 76.4 Å². The number of fused-ring (bicyclic) bond motifs is 1. The molecule has 2 saturated heterocycles. The normalized spacial score (nSPS) is 20.0. The van der Waals surface area contributed by atoms with Crippen LogP contribution in [0, 0.1) is 6.92 Å². The Bertz CT molecular complexity index is 1620. The first kappa shape index (κ1) is 35.7. The van der Waals surface area contributed by atoms with Gasteiger partial charge in [-0.2, -0.15) is 26.3 Å². The predicted octanol–water partition coefficient (Wildman–Crippen LogP) is 6.29. The van der Waals surface area contributed by atoms with Gasteiger partial charge < -0.3 is 20.3 Å². The molecule has 2 aliphatic heterocycles. The number of halogens is 6. The second kappa shape index (κ2) is 14.5. The Morgan fingerprint density at radius 2 is 1.51 bits per heavy atom. The van der Waals surface area contributed by atoms with Crippen molar-refractivity contribution in [3.63, 3.8) is 0 Å². The molecule has 2 unspecified atom stereocenters. The van der Waals surface area contributed by atoms with Gasteiger partial charge in [-0.25, -0.2) is 4.79 Å². The number of nitrogens with two attached hydrogens (primary N) is 1. The number of ether oxygens (including phenoxy) is 1. The SMILES string of the molecule is Cc1ccc(CN2CC3N(C(=O)OCc4cc(C(F)(F)F)cc(C(F)(F)F)c4)C(Cc4ccccc4)CC(=O)N3[C@@H](CCCN)C2=O)cc1. The van der Waals surface area contributed by atoms with E-state index in [-0.39, 0.29) is 56.8 Å². The van der Waals surface area contributed by atoms with Crippen molar-refractivity contribution in [3.05, 3.63) is 106 Å². The third kappa shape index (κ3) is 8.35. The standard InChI is InChI=1S/C35H36F6N4O4/c1-22-9-11-24(12-10-22)19-43-20-30-44(33(48)49-21-25-14-26(34(36,37)38)17-27(15-25)35(39,40)41)28(16-23-6-3-2-4-7-23)18-31(46)45(30)29(32(43)47)8-5-13-42/h2-4,6-7,9-12,14-15,17,28-30H,5,8,13,16,18-21,42H2,1H3/t28?,29-,30?/m0/s1. The molecule has 3 aromatic rings. The van der Waals surface area contributed by atoms with Crippen LogP contribution in [-0.2, 0) is 46.3 Å². The van der Waals surface area contributed by atoms with Gasteiger partial charge in [0.25, 0.3) is 0 Å². The van der Waals surface area contributed by atoms with E-state index in [1.54, 1.807) is 35.2 Å². The minimum atomic E-state index is -5.08. The Morgan fingerprint density at radius 3 is 2.10 bits per heavy atom. The molecule has 14 heteroatoms. The highest BCUT2D eigenvalue weighted by Crippen LogP contribution is 2.37. The Labute approximate surface area is 279 Å². The summed E-state index contributed by atoms with van der Waals surface area (Å²) in [5.41, 5.74) is 4.78. The second-order valence-electron chi connectivity index (χ2n) is 12.4. The quantitative estimate of drug-likeness (QED) is 0.267. The van der Waals surface area contributed by atoms with Gasteiger partial charge in [-0.05, 0) is 67.6 Å². The zero-order valence-corrected chi connectivity index (χ0v) is 26.6. The van der Waals surface area contributed by atoms with Crippen LogP contribution in [0.4, 0.5) is 31.1 Å². The van der Waals surface area contributed by atoms with Crippen molar-refractivity contribution in [2.24, 2.45) is 5.73 Å². The van der Waals surface area contributed by atoms with Crippen LogP contribution in [-0.4, -0.2) is 63.9 Å². The highest BCUT2D eigenvalue weighted by atomic mass is 19.4. The Hall–Kier alpha value is -4.59. The molecule has 0 spiro atoms. The van der Waals surface area contributed by atoms with E-state index in [1.165, 1.54) is 9.80 Å². The molecule has 2 aliphatic rings. The minimum Gasteiger partial charge on any atom is -0.444 e. The van der Waals surface area contributed by atoms with Crippen molar-refractivity contribution < 1.29 is 45.5 Å². The van der Waals surface area contributed by atoms with Crippen molar-refractivity contribution in [2.75, 3.05) is 13.1 Å². The minimum absolute atomic E-state index is 0.00150. The smallest absolute Gasteiger partial charge is 0.416 e. The van der Waals surface area contributed by atoms with Gasteiger partial charge in [-0.1, -0.05) is 60.2 Å². The van der Waals surface area contributed by atoms with Gasteiger partial charge in [-0.3, -0.25) is 14.5 Å². The first-order chi connectivity index (χ1) is 23.2. The number of piperazine rings is 1. The molecule has 2 fully saturated rings. The Kier molecular flexibility index (Phi) is 10.6. The highest BCUT2D eigenvalue weighted by molar-refractivity contribution is 5.91. The van der Waals surface area contributed by atoms with Crippen molar-refractivity contribution in [1.82, 2.24) is 14.7 Å². The molecular formula is C35H36F6N4O4. The highest BCUT2D eigenvalue weighted by Gasteiger charge is 2.52. The first-order valence-electron chi connectivity index (χ1n) is 15.8. The summed E-state index contributed by atoms with van der Waals surface area (Å²) in [5.74, 6) is -0.690. The van der Waals surface area contributed by atoms with E-state index in [2.05, 4.69) is 0 Å². The summed E-state index contributed by atoms with van der Waals surface area (Å²) >= 11 is 0. The number of hydrogen-bond donors (Lipinski definition) is 1. The van der Waals surface area contributed by atoms with Gasteiger partial charge in [0.1, 0.15) is 18.8 Å². The van der Waals surface area contributed by atoms with Crippen LogP contribution in [0.15, 0.2) is 72.8 Å². The summed E-state index contributed by atoms with van der Waals surface area (Å²) in [5, 5.41) is 0. The summed E-state index contributed by atoms with van der Waals surface area (Å²) in [6, 6.07) is 15.7. The number of aryl methyl sites for hydroxylation is 1. The van der Waals surface area contributed by atoms with Gasteiger partial charge >= 0.3 is 18.4 Å². The maximum atomic E-state index is 14.0. The van der Waals surface area contributed by atoms with Crippen molar-refractivity contribution in [3.8, 4) is 0 Å². The van der Waals surface area contributed by atoms with E-state index in [4.69, 9.17) is 10.5 Å². The van der Waals surface area contributed by atoms with Crippen LogP contribution >= 0.6 is 0 Å². The summed E-state index contributed by atoms with van der Waals surface area (Å²) in [6.07, 6.45) is -11.6. The van der Waals surface area contributed by atoms with Gasteiger partial charge in [0, 0.05) is 19.0 Å². The predicted molar refractivity (Wildman–Crippen MR) is 166 cm³/mol. The average Bonchev–Trinajstić information content (AvgIpc) is 3.04. The van der Waals surface area contributed by atoms with E-state index in [0.29, 0.717) is 18.6 Å². The van der Waals surface area contributed by atoms with E-state index < -0.39 is 60.0 Å². The summed E-state index contributed by atoms with van der Waals surface area (Å²) in [6.45, 7) is 1.34. The number of nitrogens with zero attached hydrogens (tertiary/aromatic N) is 3. The van der Waals surface area contributed by atoms with Crippen LogP contribution in [0.25, 0.3) is 0 Å². The first-order valence-corrected chi connectivity index (χ1v) is 15.8. The molecule has 0 aliphatic carbocycles. The lowest BCUT2D eigenvalue weighted by Crippen LogP contribution is -2.73. The molecule has 3 atom stereocenters. The van der Waals surface area contributed by atoms with E-state index >= 15 is 0 Å². The summed E-state index contributed by atoms with van der Waals surface area (Å²) in [4.78, 5) is 45.9. The fourth-order valence-corrected chi connectivity index (χ4v) is 6.40. The Morgan fingerprint density at radius 1 is 0.878 bits per heavy atom. The molecular weight excluding hydrogens is 654 g/mol. The van der Waals surface area contributed by atoms with Crippen LogP contribution < -0.4 is 5.73 Å². The third-order valence-corrected chi connectivity index (χ3v) is 8.76. The molecule has 3 amide bonds. The number of alkyl halides is 6. The van der Waals surface area contributed by atoms with Gasteiger partial charge in [0.15, 0.2) is 0 Å². The van der Waals surface area contributed by atoms with Crippen LogP contribution in [0.1, 0.15) is 52.6 Å². The van der Waals surface area contributed by atoms with E-state index in [9.17, 15) is 40.7 Å². The molecule has 0 bridgehead atoms.